The zero-order valence-electron chi connectivity index (χ0n) is 14.7. The van der Waals surface area contributed by atoms with Crippen LogP contribution in [0.4, 0.5) is 5.13 Å². The largest absolute Gasteiger partial charge is 0.493 e. The second-order valence-corrected chi connectivity index (χ2v) is 6.87. The van der Waals surface area contributed by atoms with Crippen LogP contribution in [-0.2, 0) is 11.2 Å². The summed E-state index contributed by atoms with van der Waals surface area (Å²) in [5.74, 6) is 1.18. The van der Waals surface area contributed by atoms with Crippen LogP contribution < -0.4 is 14.8 Å². The highest BCUT2D eigenvalue weighted by Crippen LogP contribution is 2.36. The van der Waals surface area contributed by atoms with Crippen molar-refractivity contribution < 1.29 is 14.3 Å². The summed E-state index contributed by atoms with van der Waals surface area (Å²) in [4.78, 5) is 16.8. The van der Waals surface area contributed by atoms with Crippen molar-refractivity contribution in [3.63, 3.8) is 0 Å². The Morgan fingerprint density at radius 2 is 1.80 bits per heavy atom. The number of nitrogens with one attached hydrogen (secondary N) is 1. The van der Waals surface area contributed by atoms with Gasteiger partial charge >= 0.3 is 0 Å². The molecule has 0 atom stereocenters. The van der Waals surface area contributed by atoms with Crippen LogP contribution in [0.2, 0.25) is 0 Å². The van der Waals surface area contributed by atoms with E-state index in [1.54, 1.807) is 14.2 Å². The first-order valence-electron chi connectivity index (χ1n) is 7.88. The fraction of sp³-hybridized carbons (Fsp3) is 0.263. The van der Waals surface area contributed by atoms with E-state index in [0.29, 0.717) is 23.1 Å². The van der Waals surface area contributed by atoms with E-state index in [1.165, 1.54) is 22.5 Å². The Labute approximate surface area is 150 Å². The predicted molar refractivity (Wildman–Crippen MR) is 101 cm³/mol. The number of hydrogen-bond donors (Lipinski definition) is 1. The number of anilines is 1. The molecule has 1 N–H and O–H groups in total. The molecule has 0 saturated heterocycles. The lowest BCUT2D eigenvalue weighted by Crippen LogP contribution is -2.14. The van der Waals surface area contributed by atoms with Gasteiger partial charge in [0.2, 0.25) is 5.91 Å². The van der Waals surface area contributed by atoms with Crippen molar-refractivity contribution in [2.75, 3.05) is 19.5 Å². The van der Waals surface area contributed by atoms with Gasteiger partial charge in [0.1, 0.15) is 0 Å². The van der Waals surface area contributed by atoms with Gasteiger partial charge in [-0.1, -0.05) is 29.5 Å². The molecule has 0 aliphatic heterocycles. The molecular formula is C19H20N2O3S. The van der Waals surface area contributed by atoms with Crippen LogP contribution in [0, 0.1) is 13.8 Å². The minimum absolute atomic E-state index is 0.0822. The molecule has 0 aliphatic carbocycles. The summed E-state index contributed by atoms with van der Waals surface area (Å²) in [6.45, 7) is 4.11. The van der Waals surface area contributed by atoms with E-state index in [9.17, 15) is 4.79 Å². The molecule has 0 unspecified atom stereocenters. The lowest BCUT2D eigenvalue weighted by Gasteiger charge is -2.05. The Morgan fingerprint density at radius 1 is 1.08 bits per heavy atom. The van der Waals surface area contributed by atoms with Gasteiger partial charge in [-0.25, -0.2) is 4.98 Å². The van der Waals surface area contributed by atoms with E-state index < -0.39 is 0 Å². The maximum absolute atomic E-state index is 12.3. The first kappa shape index (κ1) is 17.2. The molecule has 25 heavy (non-hydrogen) atoms. The third kappa shape index (κ3) is 3.74. The van der Waals surface area contributed by atoms with Gasteiger partial charge in [0.05, 0.1) is 30.9 Å². The molecule has 0 radical (unpaired) electrons. The van der Waals surface area contributed by atoms with Crippen LogP contribution in [0.15, 0.2) is 30.3 Å². The summed E-state index contributed by atoms with van der Waals surface area (Å²) < 4.78 is 11.5. The number of ether oxygens (including phenoxy) is 2. The number of aryl methyl sites for hydroxylation is 2. The number of hydrogen-bond acceptors (Lipinski definition) is 5. The number of benzene rings is 2. The molecule has 0 aliphatic rings. The Bertz CT molecular complexity index is 893. The van der Waals surface area contributed by atoms with Crippen molar-refractivity contribution in [3.05, 3.63) is 47.0 Å². The second kappa shape index (κ2) is 7.11. The third-order valence-electron chi connectivity index (χ3n) is 4.08. The minimum atomic E-state index is -0.0822. The molecule has 1 heterocycles. The quantitative estimate of drug-likeness (QED) is 0.747. The maximum Gasteiger partial charge on any atom is 0.230 e. The number of thiazole rings is 1. The Kier molecular flexibility index (Phi) is 4.90. The number of nitrogens with zero attached hydrogens (tertiary/aromatic N) is 1. The number of amides is 1. The molecule has 130 valence electrons. The van der Waals surface area contributed by atoms with Crippen molar-refractivity contribution in [3.8, 4) is 11.5 Å². The van der Waals surface area contributed by atoms with E-state index in [-0.39, 0.29) is 5.91 Å². The average molecular weight is 356 g/mol. The first-order valence-corrected chi connectivity index (χ1v) is 8.70. The lowest BCUT2D eigenvalue weighted by molar-refractivity contribution is -0.115. The second-order valence-electron chi connectivity index (χ2n) is 5.84. The van der Waals surface area contributed by atoms with Crippen LogP contribution >= 0.6 is 11.3 Å². The van der Waals surface area contributed by atoms with E-state index in [1.807, 2.05) is 37.3 Å². The molecule has 3 rings (SSSR count). The van der Waals surface area contributed by atoms with E-state index in [2.05, 4.69) is 17.2 Å². The molecule has 5 nitrogen and oxygen atoms in total. The highest BCUT2D eigenvalue weighted by molar-refractivity contribution is 7.22. The normalized spacial score (nSPS) is 10.7. The topological polar surface area (TPSA) is 60.5 Å². The first-order chi connectivity index (χ1) is 12.0. The van der Waals surface area contributed by atoms with Gasteiger partial charge in [0.15, 0.2) is 16.6 Å². The van der Waals surface area contributed by atoms with Gasteiger partial charge < -0.3 is 14.8 Å². The van der Waals surface area contributed by atoms with E-state index in [0.717, 1.165) is 15.8 Å². The van der Waals surface area contributed by atoms with Crippen molar-refractivity contribution in [2.24, 2.45) is 0 Å². The van der Waals surface area contributed by atoms with Gasteiger partial charge in [0.25, 0.3) is 0 Å². The van der Waals surface area contributed by atoms with Crippen LogP contribution in [0.3, 0.4) is 0 Å². The number of carbonyl (C=O) groups is 1. The van der Waals surface area contributed by atoms with Crippen molar-refractivity contribution in [2.45, 2.75) is 20.3 Å². The molecule has 0 fully saturated rings. The van der Waals surface area contributed by atoms with Gasteiger partial charge in [0, 0.05) is 12.1 Å². The van der Waals surface area contributed by atoms with Gasteiger partial charge in [-0.15, -0.1) is 0 Å². The minimum Gasteiger partial charge on any atom is -0.493 e. The van der Waals surface area contributed by atoms with E-state index in [4.69, 9.17) is 9.47 Å². The Morgan fingerprint density at radius 3 is 2.48 bits per heavy atom. The zero-order valence-corrected chi connectivity index (χ0v) is 15.5. The zero-order chi connectivity index (χ0) is 18.0. The molecule has 0 spiro atoms. The number of fused-ring (bicyclic) bond motifs is 1. The molecule has 0 saturated carbocycles. The van der Waals surface area contributed by atoms with Crippen LogP contribution in [0.5, 0.6) is 11.5 Å². The average Bonchev–Trinajstić information content (AvgIpc) is 2.97. The fourth-order valence-electron chi connectivity index (χ4n) is 2.57. The summed E-state index contributed by atoms with van der Waals surface area (Å²) >= 11 is 1.41. The fourth-order valence-corrected chi connectivity index (χ4v) is 3.46. The summed E-state index contributed by atoms with van der Waals surface area (Å²) in [6.07, 6.45) is 0.323. The molecule has 1 aromatic heterocycles. The number of methoxy groups -OCH3 is 2. The summed E-state index contributed by atoms with van der Waals surface area (Å²) in [5, 5.41) is 3.44. The molecule has 3 aromatic rings. The van der Waals surface area contributed by atoms with Gasteiger partial charge in [-0.3, -0.25) is 4.79 Å². The van der Waals surface area contributed by atoms with Crippen molar-refractivity contribution in [1.29, 1.82) is 0 Å². The molecule has 6 heteroatoms. The van der Waals surface area contributed by atoms with E-state index >= 15 is 0 Å². The van der Waals surface area contributed by atoms with Gasteiger partial charge in [-0.05, 0) is 30.5 Å². The van der Waals surface area contributed by atoms with Crippen molar-refractivity contribution >= 4 is 32.6 Å². The monoisotopic (exact) mass is 356 g/mol. The molecular weight excluding hydrogens is 336 g/mol. The molecule has 2 aromatic carbocycles. The van der Waals surface area contributed by atoms with Crippen LogP contribution in [0.25, 0.3) is 10.2 Å². The van der Waals surface area contributed by atoms with Crippen LogP contribution in [0.1, 0.15) is 16.7 Å². The van der Waals surface area contributed by atoms with Crippen molar-refractivity contribution in [1.82, 2.24) is 4.98 Å². The van der Waals surface area contributed by atoms with Gasteiger partial charge in [-0.2, -0.15) is 0 Å². The summed E-state index contributed by atoms with van der Waals surface area (Å²) in [6, 6.07) is 9.74. The lowest BCUT2D eigenvalue weighted by atomic mass is 10.0. The van der Waals surface area contributed by atoms with Crippen LogP contribution in [-0.4, -0.2) is 25.1 Å². The highest BCUT2D eigenvalue weighted by atomic mass is 32.1. The Balaban J connectivity index is 1.77. The highest BCUT2D eigenvalue weighted by Gasteiger charge is 2.13. The number of carbonyl (C=O) groups excluding carboxylic acids is 1. The summed E-state index contributed by atoms with van der Waals surface area (Å²) in [7, 11) is 3.18. The number of aromatic nitrogens is 1. The Hall–Kier alpha value is -2.60. The number of rotatable bonds is 5. The third-order valence-corrected chi connectivity index (χ3v) is 5.01. The molecule has 0 bridgehead atoms. The summed E-state index contributed by atoms with van der Waals surface area (Å²) in [5.41, 5.74) is 4.16. The molecule has 1 amide bonds. The predicted octanol–water partition coefficient (Wildman–Crippen LogP) is 4.11. The smallest absolute Gasteiger partial charge is 0.230 e. The SMILES string of the molecule is COc1cc2nc(NC(=O)Cc3ccc(C)c(C)c3)sc2cc1OC. The maximum atomic E-state index is 12.3. The standard InChI is InChI=1S/C19H20N2O3S/c1-11-5-6-13(7-12(11)2)8-18(22)21-19-20-14-9-15(23-3)16(24-4)10-17(14)25-19/h5-7,9-10H,8H2,1-4H3,(H,20,21,22).